The molecular weight excluding hydrogens is 148 g/mol. The quantitative estimate of drug-likeness (QED) is 0.378. The topological polar surface area (TPSA) is 20.2 Å². The summed E-state index contributed by atoms with van der Waals surface area (Å²) in [6.07, 6.45) is 9.15. The summed E-state index contributed by atoms with van der Waals surface area (Å²) in [5.74, 6) is 6.13. The van der Waals surface area contributed by atoms with Crippen molar-refractivity contribution in [1.82, 2.24) is 0 Å². The Kier molecular flexibility index (Phi) is 9.63. The van der Waals surface area contributed by atoms with Crippen LogP contribution in [0.5, 0.6) is 0 Å². The Morgan fingerprint density at radius 1 is 1.17 bits per heavy atom. The van der Waals surface area contributed by atoms with Gasteiger partial charge in [0.2, 0.25) is 0 Å². The van der Waals surface area contributed by atoms with Gasteiger partial charge in [-0.2, -0.15) is 0 Å². The molecule has 0 saturated carbocycles. The van der Waals surface area contributed by atoms with Crippen molar-refractivity contribution in [2.75, 3.05) is 6.61 Å². The molecule has 0 aromatic rings. The Bertz CT molecular complexity index is 160. The number of unbranched alkanes of at least 4 members (excludes halogenated alkanes) is 3. The van der Waals surface area contributed by atoms with Crippen molar-refractivity contribution >= 4 is 0 Å². The van der Waals surface area contributed by atoms with E-state index in [1.54, 1.807) is 6.08 Å². The summed E-state index contributed by atoms with van der Waals surface area (Å²) in [6.45, 7) is 2.31. The van der Waals surface area contributed by atoms with Crippen LogP contribution in [0.1, 0.15) is 39.0 Å². The van der Waals surface area contributed by atoms with Crippen molar-refractivity contribution in [3.8, 4) is 11.8 Å². The Morgan fingerprint density at radius 2 is 2.00 bits per heavy atom. The van der Waals surface area contributed by atoms with Crippen molar-refractivity contribution in [1.29, 1.82) is 0 Å². The predicted octanol–water partition coefficient (Wildman–Crippen LogP) is 2.51. The molecule has 0 heterocycles. The maximum absolute atomic E-state index is 8.40. The third-order valence-electron chi connectivity index (χ3n) is 1.52. The van der Waals surface area contributed by atoms with Gasteiger partial charge in [-0.05, 0) is 6.42 Å². The van der Waals surface area contributed by atoms with E-state index in [2.05, 4.69) is 18.8 Å². The lowest BCUT2D eigenvalue weighted by atomic mass is 10.2. The van der Waals surface area contributed by atoms with E-state index >= 15 is 0 Å². The van der Waals surface area contributed by atoms with Crippen molar-refractivity contribution < 1.29 is 5.11 Å². The summed E-state index contributed by atoms with van der Waals surface area (Å²) in [4.78, 5) is 0. The molecular formula is C11H18O. The number of aliphatic hydroxyl groups excluding tert-OH is 1. The summed E-state index contributed by atoms with van der Waals surface area (Å²) in [7, 11) is 0. The number of rotatable bonds is 5. The fourth-order valence-electron chi connectivity index (χ4n) is 0.841. The fraction of sp³-hybridized carbons (Fsp3) is 0.636. The monoisotopic (exact) mass is 166 g/mol. The smallest absolute Gasteiger partial charge is 0.0612 e. The number of hydrogen-bond donors (Lipinski definition) is 1. The highest BCUT2D eigenvalue weighted by atomic mass is 16.2. The van der Waals surface area contributed by atoms with Crippen LogP contribution in [0.25, 0.3) is 0 Å². The maximum Gasteiger partial charge on any atom is 0.0612 e. The van der Waals surface area contributed by atoms with E-state index in [0.717, 1.165) is 12.8 Å². The van der Waals surface area contributed by atoms with Crippen molar-refractivity contribution in [2.24, 2.45) is 0 Å². The minimum absolute atomic E-state index is 0.123. The minimum atomic E-state index is 0.123. The van der Waals surface area contributed by atoms with E-state index in [0.29, 0.717) is 0 Å². The van der Waals surface area contributed by atoms with E-state index < -0.39 is 0 Å². The molecule has 0 amide bonds. The highest BCUT2D eigenvalue weighted by Gasteiger charge is 1.79. The Labute approximate surface area is 75.5 Å². The highest BCUT2D eigenvalue weighted by molar-refractivity contribution is 5.04. The molecule has 1 heteroatoms. The van der Waals surface area contributed by atoms with Crippen LogP contribution in [-0.4, -0.2) is 11.7 Å². The van der Waals surface area contributed by atoms with Gasteiger partial charge >= 0.3 is 0 Å². The molecule has 0 atom stereocenters. The van der Waals surface area contributed by atoms with Gasteiger partial charge in [0, 0.05) is 12.8 Å². The van der Waals surface area contributed by atoms with Crippen LogP contribution in [0.2, 0.25) is 0 Å². The molecule has 0 radical (unpaired) electrons. The first-order chi connectivity index (χ1) is 5.91. The van der Waals surface area contributed by atoms with Gasteiger partial charge in [-0.25, -0.2) is 0 Å². The lowest BCUT2D eigenvalue weighted by molar-refractivity contribution is 0.342. The van der Waals surface area contributed by atoms with Crippen molar-refractivity contribution in [2.45, 2.75) is 39.0 Å². The van der Waals surface area contributed by atoms with Gasteiger partial charge in [0.25, 0.3) is 0 Å². The Balaban J connectivity index is 3.17. The average molecular weight is 166 g/mol. The minimum Gasteiger partial charge on any atom is -0.392 e. The molecule has 0 unspecified atom stereocenters. The van der Waals surface area contributed by atoms with E-state index in [1.165, 1.54) is 19.3 Å². The van der Waals surface area contributed by atoms with E-state index in [9.17, 15) is 0 Å². The normalized spacial score (nSPS) is 9.83. The van der Waals surface area contributed by atoms with Crippen LogP contribution in [-0.2, 0) is 0 Å². The van der Waals surface area contributed by atoms with Gasteiger partial charge in [-0.15, -0.1) is 5.92 Å². The van der Waals surface area contributed by atoms with E-state index in [4.69, 9.17) is 5.11 Å². The predicted molar refractivity (Wildman–Crippen MR) is 52.8 cm³/mol. The SMILES string of the molecule is CCCCCC#CC/C=C\CO. The second-order valence-corrected chi connectivity index (χ2v) is 2.67. The van der Waals surface area contributed by atoms with Crippen LogP contribution in [0.3, 0.4) is 0 Å². The molecule has 0 rings (SSSR count). The van der Waals surface area contributed by atoms with Crippen molar-refractivity contribution in [3.63, 3.8) is 0 Å². The van der Waals surface area contributed by atoms with Crippen LogP contribution in [0.4, 0.5) is 0 Å². The first-order valence-electron chi connectivity index (χ1n) is 4.63. The van der Waals surface area contributed by atoms with Gasteiger partial charge in [0.05, 0.1) is 6.61 Å². The third-order valence-corrected chi connectivity index (χ3v) is 1.52. The number of allylic oxidation sites excluding steroid dienone is 1. The summed E-state index contributed by atoms with van der Waals surface area (Å²) >= 11 is 0. The van der Waals surface area contributed by atoms with Gasteiger partial charge in [-0.1, -0.05) is 37.8 Å². The lowest BCUT2D eigenvalue weighted by Crippen LogP contribution is -1.72. The lowest BCUT2D eigenvalue weighted by Gasteiger charge is -1.87. The third kappa shape index (κ3) is 9.26. The molecule has 0 aromatic heterocycles. The zero-order valence-corrected chi connectivity index (χ0v) is 7.84. The molecule has 1 N–H and O–H groups in total. The molecule has 0 spiro atoms. The molecule has 0 aromatic carbocycles. The molecule has 0 fully saturated rings. The second-order valence-electron chi connectivity index (χ2n) is 2.67. The number of aliphatic hydroxyl groups is 1. The zero-order chi connectivity index (χ0) is 9.07. The van der Waals surface area contributed by atoms with Crippen LogP contribution in [0, 0.1) is 11.8 Å². The van der Waals surface area contributed by atoms with Gasteiger partial charge < -0.3 is 5.11 Å². The summed E-state index contributed by atoms with van der Waals surface area (Å²) in [5, 5.41) is 8.40. The standard InChI is InChI=1S/C11H18O/c1-2-3-4-5-6-7-8-9-10-11-12/h9-10,12H,2-5,8,11H2,1H3/b10-9-. The first kappa shape index (κ1) is 11.3. The Hall–Kier alpha value is -0.740. The first-order valence-corrected chi connectivity index (χ1v) is 4.63. The molecule has 0 saturated heterocycles. The van der Waals surface area contributed by atoms with Crippen molar-refractivity contribution in [3.05, 3.63) is 12.2 Å². The number of hydrogen-bond acceptors (Lipinski definition) is 1. The zero-order valence-electron chi connectivity index (χ0n) is 7.84. The van der Waals surface area contributed by atoms with E-state index in [-0.39, 0.29) is 6.61 Å². The molecule has 1 nitrogen and oxygen atoms in total. The molecule has 12 heavy (non-hydrogen) atoms. The molecule has 0 aliphatic carbocycles. The van der Waals surface area contributed by atoms with Crippen LogP contribution in [0.15, 0.2) is 12.2 Å². The van der Waals surface area contributed by atoms with Crippen LogP contribution < -0.4 is 0 Å². The average Bonchev–Trinajstić information content (AvgIpc) is 2.10. The molecule has 68 valence electrons. The second kappa shape index (κ2) is 10.3. The molecule has 0 aliphatic rings. The van der Waals surface area contributed by atoms with E-state index in [1.807, 2.05) is 6.08 Å². The molecule has 0 aliphatic heterocycles. The molecule has 0 bridgehead atoms. The van der Waals surface area contributed by atoms with Gasteiger partial charge in [-0.3, -0.25) is 0 Å². The van der Waals surface area contributed by atoms with Crippen LogP contribution >= 0.6 is 0 Å². The van der Waals surface area contributed by atoms with Gasteiger partial charge in [0.15, 0.2) is 0 Å². The summed E-state index contributed by atoms with van der Waals surface area (Å²) in [6, 6.07) is 0. The maximum atomic E-state index is 8.40. The largest absolute Gasteiger partial charge is 0.392 e. The van der Waals surface area contributed by atoms with Gasteiger partial charge in [0.1, 0.15) is 0 Å². The Morgan fingerprint density at radius 3 is 2.67 bits per heavy atom. The highest BCUT2D eigenvalue weighted by Crippen LogP contribution is 1.96. The summed E-state index contributed by atoms with van der Waals surface area (Å²) < 4.78 is 0. The summed E-state index contributed by atoms with van der Waals surface area (Å²) in [5.41, 5.74) is 0. The fourth-order valence-corrected chi connectivity index (χ4v) is 0.841.